The van der Waals surface area contributed by atoms with Crippen LogP contribution in [0.25, 0.3) is 71.6 Å². The maximum atomic E-state index is 3.86. The summed E-state index contributed by atoms with van der Waals surface area (Å²) >= 11 is 0. The highest BCUT2D eigenvalue weighted by Crippen LogP contribution is 2.40. The van der Waals surface area contributed by atoms with Gasteiger partial charge in [0.2, 0.25) is 0 Å². The summed E-state index contributed by atoms with van der Waals surface area (Å²) in [5.41, 5.74) is 18.3. The van der Waals surface area contributed by atoms with Crippen LogP contribution in [0.5, 0.6) is 0 Å². The van der Waals surface area contributed by atoms with Gasteiger partial charge in [-0.15, -0.1) is 0 Å². The minimum atomic E-state index is 0.0942. The average molecular weight is 692 g/mol. The van der Waals surface area contributed by atoms with Gasteiger partial charge in [0, 0.05) is 38.9 Å². The van der Waals surface area contributed by atoms with Crippen molar-refractivity contribution < 1.29 is 0 Å². The number of nitrogens with zero attached hydrogens (tertiary/aromatic N) is 1. The van der Waals surface area contributed by atoms with Crippen molar-refractivity contribution in [1.29, 1.82) is 0 Å². The standard InChI is InChI=1S/C51H40BN2/c1-32-25-43(41-27-35-17-11-12-18-36(35)31-46(41)53-40-22-20-39(21-23-40)51(2,3)4)49-48(26-32)54-47-24-19-37(33-13-7-5-8-14-33)28-42(47)44-29-38(30-45(52-49)50(44)54)34-15-9-6-10-16-34/h5-31,53H,1-4H3. The molecule has 8 aromatic carbocycles. The quantitative estimate of drug-likeness (QED) is 0.178. The lowest BCUT2D eigenvalue weighted by molar-refractivity contribution is 0.590. The Morgan fingerprint density at radius 3 is 1.89 bits per heavy atom. The van der Waals surface area contributed by atoms with Crippen molar-refractivity contribution in [3.63, 3.8) is 0 Å². The topological polar surface area (TPSA) is 17.0 Å². The van der Waals surface area contributed by atoms with Gasteiger partial charge in [0.25, 0.3) is 0 Å². The van der Waals surface area contributed by atoms with Gasteiger partial charge in [-0.1, -0.05) is 141 Å². The Morgan fingerprint density at radius 1 is 0.537 bits per heavy atom. The molecule has 0 unspecified atom stereocenters. The molecule has 0 fully saturated rings. The molecule has 1 aromatic heterocycles. The van der Waals surface area contributed by atoms with E-state index in [1.54, 1.807) is 0 Å². The van der Waals surface area contributed by atoms with E-state index in [0.717, 1.165) is 11.4 Å². The van der Waals surface area contributed by atoms with Gasteiger partial charge in [-0.25, -0.2) is 0 Å². The SMILES string of the molecule is Cc1cc(-c2cc3ccccc3cc2Nc2ccc(C(C)(C)C)cc2)c2c(c1)-n1c3ccc(-c4ccccc4)cc3c3cc(-c4ccccc4)cc(c31)[B]2. The van der Waals surface area contributed by atoms with Crippen LogP contribution in [0.4, 0.5) is 11.4 Å². The van der Waals surface area contributed by atoms with Crippen LogP contribution in [0.2, 0.25) is 0 Å². The minimum absolute atomic E-state index is 0.0942. The summed E-state index contributed by atoms with van der Waals surface area (Å²) in [5, 5.41) is 8.84. The van der Waals surface area contributed by atoms with Crippen LogP contribution in [-0.2, 0) is 5.41 Å². The second-order valence-electron chi connectivity index (χ2n) is 15.8. The van der Waals surface area contributed by atoms with Crippen molar-refractivity contribution in [2.24, 2.45) is 0 Å². The number of hydrogen-bond donors (Lipinski definition) is 1. The predicted molar refractivity (Wildman–Crippen MR) is 233 cm³/mol. The van der Waals surface area contributed by atoms with Crippen LogP contribution in [0.3, 0.4) is 0 Å². The minimum Gasteiger partial charge on any atom is -0.355 e. The van der Waals surface area contributed by atoms with Gasteiger partial charge in [0.15, 0.2) is 7.28 Å². The van der Waals surface area contributed by atoms with Crippen molar-refractivity contribution >= 4 is 62.2 Å². The van der Waals surface area contributed by atoms with Crippen LogP contribution in [0, 0.1) is 6.92 Å². The maximum Gasteiger partial charge on any atom is 0.197 e. The summed E-state index contributed by atoms with van der Waals surface area (Å²) in [7, 11) is 2.44. The molecule has 0 spiro atoms. The van der Waals surface area contributed by atoms with E-state index < -0.39 is 0 Å². The smallest absolute Gasteiger partial charge is 0.197 e. The Bertz CT molecular complexity index is 2900. The molecule has 0 bridgehead atoms. The van der Waals surface area contributed by atoms with E-state index in [9.17, 15) is 0 Å². The summed E-state index contributed by atoms with van der Waals surface area (Å²) < 4.78 is 2.52. The molecule has 2 heterocycles. The highest BCUT2D eigenvalue weighted by molar-refractivity contribution is 6.73. The monoisotopic (exact) mass is 691 g/mol. The van der Waals surface area contributed by atoms with Crippen LogP contribution in [0.1, 0.15) is 31.9 Å². The third-order valence-corrected chi connectivity index (χ3v) is 11.2. The third-order valence-electron chi connectivity index (χ3n) is 11.2. The van der Waals surface area contributed by atoms with Gasteiger partial charge < -0.3 is 9.88 Å². The fourth-order valence-corrected chi connectivity index (χ4v) is 8.42. The number of fused-ring (bicyclic) bond motifs is 6. The van der Waals surface area contributed by atoms with Crippen molar-refractivity contribution in [2.75, 3.05) is 5.32 Å². The first kappa shape index (κ1) is 32.3. The summed E-state index contributed by atoms with van der Waals surface area (Å²) in [5.74, 6) is 0. The zero-order valence-electron chi connectivity index (χ0n) is 31.1. The number of rotatable bonds is 5. The van der Waals surface area contributed by atoms with E-state index >= 15 is 0 Å². The number of nitrogens with one attached hydrogen (secondary N) is 1. The molecule has 0 saturated heterocycles. The Hall–Kier alpha value is -6.32. The average Bonchev–Trinajstić information content (AvgIpc) is 3.53. The third kappa shape index (κ3) is 5.42. The summed E-state index contributed by atoms with van der Waals surface area (Å²) in [6.07, 6.45) is 0. The molecule has 0 aliphatic carbocycles. The van der Waals surface area contributed by atoms with Gasteiger partial charge >= 0.3 is 0 Å². The Morgan fingerprint density at radius 2 is 1.19 bits per heavy atom. The zero-order chi connectivity index (χ0) is 36.6. The fourth-order valence-electron chi connectivity index (χ4n) is 8.42. The summed E-state index contributed by atoms with van der Waals surface area (Å²) in [6, 6.07) is 60.3. The van der Waals surface area contributed by atoms with E-state index in [4.69, 9.17) is 0 Å². The van der Waals surface area contributed by atoms with Crippen LogP contribution >= 0.6 is 0 Å². The molecule has 1 N–H and O–H groups in total. The molecule has 1 radical (unpaired) electrons. The normalized spacial score (nSPS) is 12.2. The molecule has 3 heteroatoms. The zero-order valence-corrected chi connectivity index (χ0v) is 31.1. The molecular weight excluding hydrogens is 651 g/mol. The first-order valence-corrected chi connectivity index (χ1v) is 18.9. The van der Waals surface area contributed by atoms with Gasteiger partial charge in [-0.05, 0) is 116 Å². The van der Waals surface area contributed by atoms with Crippen LogP contribution < -0.4 is 16.2 Å². The molecule has 0 atom stereocenters. The number of aromatic nitrogens is 1. The Balaban J connectivity index is 1.22. The predicted octanol–water partition coefficient (Wildman–Crippen LogP) is 12.3. The highest BCUT2D eigenvalue weighted by atomic mass is 15.0. The fraction of sp³-hybridized carbons (Fsp3) is 0.0980. The molecule has 54 heavy (non-hydrogen) atoms. The van der Waals surface area contributed by atoms with Crippen molar-refractivity contribution in [1.82, 2.24) is 4.57 Å². The highest BCUT2D eigenvalue weighted by Gasteiger charge is 2.28. The first-order chi connectivity index (χ1) is 26.3. The second-order valence-corrected chi connectivity index (χ2v) is 15.8. The van der Waals surface area contributed by atoms with Crippen molar-refractivity contribution in [3.8, 4) is 39.1 Å². The van der Waals surface area contributed by atoms with Gasteiger partial charge in [0.1, 0.15) is 0 Å². The molecule has 9 aromatic rings. The van der Waals surface area contributed by atoms with Gasteiger partial charge in [-0.3, -0.25) is 0 Å². The molecule has 2 nitrogen and oxygen atoms in total. The molecule has 1 aliphatic rings. The van der Waals surface area contributed by atoms with Gasteiger partial charge in [-0.2, -0.15) is 0 Å². The van der Waals surface area contributed by atoms with Crippen LogP contribution in [-0.4, -0.2) is 11.8 Å². The van der Waals surface area contributed by atoms with E-state index in [-0.39, 0.29) is 5.41 Å². The first-order valence-electron chi connectivity index (χ1n) is 18.9. The second kappa shape index (κ2) is 12.4. The van der Waals surface area contributed by atoms with E-state index in [1.807, 2.05) is 0 Å². The summed E-state index contributed by atoms with van der Waals surface area (Å²) in [4.78, 5) is 0. The van der Waals surface area contributed by atoms with E-state index in [0.29, 0.717) is 0 Å². The Kier molecular flexibility index (Phi) is 7.42. The molecular formula is C51H40BN2. The molecule has 0 saturated carbocycles. The number of anilines is 2. The molecule has 257 valence electrons. The lowest BCUT2D eigenvalue weighted by Gasteiger charge is -2.26. The van der Waals surface area contributed by atoms with Crippen LogP contribution in [0.15, 0.2) is 164 Å². The lowest BCUT2D eigenvalue weighted by Crippen LogP contribution is -2.37. The lowest BCUT2D eigenvalue weighted by atomic mass is 9.58. The number of benzene rings is 8. The van der Waals surface area contributed by atoms with Gasteiger partial charge in [0.05, 0.1) is 5.52 Å². The number of aryl methyl sites for hydroxylation is 1. The van der Waals surface area contributed by atoms with Crippen molar-refractivity contribution in [3.05, 3.63) is 175 Å². The largest absolute Gasteiger partial charge is 0.355 e. The Labute approximate surface area is 318 Å². The molecule has 1 aliphatic heterocycles. The number of hydrogen-bond acceptors (Lipinski definition) is 1. The summed E-state index contributed by atoms with van der Waals surface area (Å²) in [6.45, 7) is 9.02. The van der Waals surface area contributed by atoms with E-state index in [1.165, 1.54) is 93.7 Å². The van der Waals surface area contributed by atoms with E-state index in [2.05, 4.69) is 209 Å². The van der Waals surface area contributed by atoms with Crippen molar-refractivity contribution in [2.45, 2.75) is 33.1 Å². The molecule has 0 amide bonds. The maximum absolute atomic E-state index is 3.86. The molecule has 10 rings (SSSR count).